The zero-order valence-electron chi connectivity index (χ0n) is 14.8. The van der Waals surface area contributed by atoms with Gasteiger partial charge in [-0.15, -0.1) is 5.10 Å². The molecule has 0 radical (unpaired) electrons. The van der Waals surface area contributed by atoms with Crippen molar-refractivity contribution in [3.8, 4) is 5.69 Å². The van der Waals surface area contributed by atoms with Crippen molar-refractivity contribution in [2.75, 3.05) is 5.32 Å². The van der Waals surface area contributed by atoms with Gasteiger partial charge >= 0.3 is 6.18 Å². The highest BCUT2D eigenvalue weighted by molar-refractivity contribution is 7.05. The van der Waals surface area contributed by atoms with Crippen LogP contribution < -0.4 is 5.32 Å². The Hall–Kier alpha value is -2.24. The summed E-state index contributed by atoms with van der Waals surface area (Å²) >= 11 is 6.94. The molecule has 6 nitrogen and oxygen atoms in total. The number of anilines is 1. The number of aromatic nitrogens is 4. The number of aliphatic hydroxyl groups is 1. The second-order valence-corrected chi connectivity index (χ2v) is 7.83. The van der Waals surface area contributed by atoms with Crippen LogP contribution in [0.3, 0.4) is 0 Å². The third-order valence-corrected chi connectivity index (χ3v) is 5.76. The van der Waals surface area contributed by atoms with Crippen LogP contribution >= 0.6 is 23.1 Å². The van der Waals surface area contributed by atoms with Gasteiger partial charge in [0.1, 0.15) is 5.69 Å². The largest absolute Gasteiger partial charge is 0.436 e. The number of aryl methyl sites for hydroxylation is 1. The Morgan fingerprint density at radius 3 is 2.62 bits per heavy atom. The first kappa shape index (κ1) is 20.0. The second-order valence-electron chi connectivity index (χ2n) is 6.67. The molecule has 1 fully saturated rings. The smallest absolute Gasteiger partial charge is 0.369 e. The van der Waals surface area contributed by atoms with Crippen LogP contribution in [0.2, 0.25) is 5.02 Å². The lowest BCUT2D eigenvalue weighted by atomic mass is 10.2. The zero-order valence-corrected chi connectivity index (χ0v) is 16.4. The summed E-state index contributed by atoms with van der Waals surface area (Å²) < 4.78 is 59.1. The lowest BCUT2D eigenvalue weighted by molar-refractivity contribution is -0.141. The minimum atomic E-state index is -4.74. The molecule has 0 saturated heterocycles. The molecule has 154 valence electrons. The van der Waals surface area contributed by atoms with Crippen LogP contribution in [0.5, 0.6) is 0 Å². The number of aliphatic hydroxyl groups excluding tert-OH is 1. The van der Waals surface area contributed by atoms with Gasteiger partial charge in [-0.25, -0.2) is 9.07 Å². The molecule has 3 aromatic rings. The van der Waals surface area contributed by atoms with Gasteiger partial charge in [0.15, 0.2) is 17.7 Å². The van der Waals surface area contributed by atoms with Gasteiger partial charge in [-0.2, -0.15) is 18.3 Å². The van der Waals surface area contributed by atoms with E-state index < -0.39 is 28.9 Å². The highest BCUT2D eigenvalue weighted by Crippen LogP contribution is 2.47. The number of halogens is 5. The highest BCUT2D eigenvalue weighted by atomic mass is 35.5. The van der Waals surface area contributed by atoms with Crippen LogP contribution in [0, 0.1) is 12.7 Å². The fraction of sp³-hybridized carbons (Fsp3) is 0.353. The summed E-state index contributed by atoms with van der Waals surface area (Å²) in [4.78, 5) is 0.471. The molecule has 29 heavy (non-hydrogen) atoms. The summed E-state index contributed by atoms with van der Waals surface area (Å²) in [7, 11) is 0. The van der Waals surface area contributed by atoms with Gasteiger partial charge in [0.05, 0.1) is 21.3 Å². The molecule has 1 unspecified atom stereocenters. The number of nitrogens with one attached hydrogen (secondary N) is 1. The normalized spacial score (nSPS) is 15.6. The minimum absolute atomic E-state index is 0.153. The minimum Gasteiger partial charge on any atom is -0.369 e. The molecule has 0 aliphatic heterocycles. The Labute approximate surface area is 171 Å². The molecule has 1 aliphatic rings. The summed E-state index contributed by atoms with van der Waals surface area (Å²) in [5.74, 6) is -0.997. The average Bonchev–Trinajstić information content (AvgIpc) is 3.27. The number of alkyl halides is 3. The van der Waals surface area contributed by atoms with Gasteiger partial charge < -0.3 is 10.4 Å². The van der Waals surface area contributed by atoms with Crippen molar-refractivity contribution in [1.29, 1.82) is 0 Å². The molecule has 1 saturated carbocycles. The molecular formula is C17H14ClF4N5OS. The average molecular weight is 448 g/mol. The number of rotatable bonds is 5. The van der Waals surface area contributed by atoms with Gasteiger partial charge in [0.25, 0.3) is 0 Å². The molecule has 0 spiro atoms. The number of benzene rings is 1. The maximum atomic E-state index is 14.8. The van der Waals surface area contributed by atoms with Crippen LogP contribution in [0.25, 0.3) is 5.69 Å². The fourth-order valence-electron chi connectivity index (χ4n) is 2.97. The van der Waals surface area contributed by atoms with E-state index in [0.29, 0.717) is 23.4 Å². The molecular weight excluding hydrogens is 434 g/mol. The quantitative estimate of drug-likeness (QED) is 0.433. The van der Waals surface area contributed by atoms with E-state index in [1.807, 2.05) is 0 Å². The van der Waals surface area contributed by atoms with E-state index in [9.17, 15) is 22.7 Å². The summed E-state index contributed by atoms with van der Waals surface area (Å²) in [6.45, 7) is 1.67. The standard InChI is InChI=1S/C17H14ClF4N5OS/c1-7-14(29-26-24-7)16(28)23-9-4-5-11(10(19)6-9)27-13(8-2-3-8)12(18)15(25-27)17(20,21)22/h4-6,8,16,23,28H,2-3H2,1H3. The first-order chi connectivity index (χ1) is 13.7. The van der Waals surface area contributed by atoms with E-state index in [2.05, 4.69) is 20.0 Å². The van der Waals surface area contributed by atoms with Crippen LogP contribution in [-0.2, 0) is 6.18 Å². The molecule has 1 atom stereocenters. The lowest BCUT2D eigenvalue weighted by Gasteiger charge is -2.14. The van der Waals surface area contributed by atoms with Crippen LogP contribution in [0.1, 0.15) is 46.9 Å². The molecule has 2 heterocycles. The SMILES string of the molecule is Cc1nnsc1C(O)Nc1ccc(-n2nc(C(F)(F)F)c(Cl)c2C2CC2)c(F)c1. The molecule has 12 heteroatoms. The van der Waals surface area contributed by atoms with Crippen molar-refractivity contribution in [2.45, 2.75) is 38.1 Å². The van der Waals surface area contributed by atoms with E-state index in [-0.39, 0.29) is 23.0 Å². The number of hydrogen-bond acceptors (Lipinski definition) is 6. The predicted molar refractivity (Wildman–Crippen MR) is 98.7 cm³/mol. The van der Waals surface area contributed by atoms with E-state index in [0.717, 1.165) is 22.3 Å². The molecule has 1 aliphatic carbocycles. The molecule has 2 aromatic heterocycles. The molecule has 1 aromatic carbocycles. The number of hydrogen-bond donors (Lipinski definition) is 2. The molecule has 0 amide bonds. The number of nitrogens with zero attached hydrogens (tertiary/aromatic N) is 4. The third kappa shape index (κ3) is 3.81. The Bertz CT molecular complexity index is 1060. The Balaban J connectivity index is 1.68. The monoisotopic (exact) mass is 447 g/mol. The zero-order chi connectivity index (χ0) is 20.9. The van der Waals surface area contributed by atoms with Crippen molar-refractivity contribution >= 4 is 28.8 Å². The van der Waals surface area contributed by atoms with Gasteiger partial charge in [0, 0.05) is 11.6 Å². The van der Waals surface area contributed by atoms with Gasteiger partial charge in [0.2, 0.25) is 0 Å². The molecule has 4 rings (SSSR count). The Morgan fingerprint density at radius 2 is 2.07 bits per heavy atom. The third-order valence-electron chi connectivity index (χ3n) is 4.51. The van der Waals surface area contributed by atoms with Crippen molar-refractivity contribution in [2.24, 2.45) is 0 Å². The Morgan fingerprint density at radius 1 is 1.34 bits per heavy atom. The summed E-state index contributed by atoms with van der Waals surface area (Å²) in [5.41, 5.74) is -0.461. The summed E-state index contributed by atoms with van der Waals surface area (Å²) in [6, 6.07) is 3.80. The van der Waals surface area contributed by atoms with Gasteiger partial charge in [-0.3, -0.25) is 0 Å². The fourth-order valence-corrected chi connectivity index (χ4v) is 3.93. The van der Waals surface area contributed by atoms with E-state index in [1.54, 1.807) is 6.92 Å². The van der Waals surface area contributed by atoms with E-state index in [4.69, 9.17) is 11.6 Å². The van der Waals surface area contributed by atoms with Crippen molar-refractivity contribution in [3.05, 3.63) is 51.0 Å². The van der Waals surface area contributed by atoms with Crippen molar-refractivity contribution in [1.82, 2.24) is 19.4 Å². The summed E-state index contributed by atoms with van der Waals surface area (Å²) in [6.07, 6.45) is -4.57. The van der Waals surface area contributed by atoms with Crippen LogP contribution in [0.4, 0.5) is 23.2 Å². The van der Waals surface area contributed by atoms with Crippen molar-refractivity contribution < 1.29 is 22.7 Å². The first-order valence-corrected chi connectivity index (χ1v) is 9.71. The Kier molecular flexibility index (Phi) is 4.99. The van der Waals surface area contributed by atoms with Crippen molar-refractivity contribution in [3.63, 3.8) is 0 Å². The highest BCUT2D eigenvalue weighted by Gasteiger charge is 2.42. The van der Waals surface area contributed by atoms with E-state index >= 15 is 0 Å². The molecule has 2 N–H and O–H groups in total. The summed E-state index contributed by atoms with van der Waals surface area (Å²) in [5, 5.41) is 19.8. The predicted octanol–water partition coefficient (Wildman–Crippen LogP) is 4.82. The second kappa shape index (κ2) is 7.22. The maximum Gasteiger partial charge on any atom is 0.436 e. The van der Waals surface area contributed by atoms with Gasteiger partial charge in [-0.05, 0) is 49.5 Å². The van der Waals surface area contributed by atoms with E-state index in [1.165, 1.54) is 12.1 Å². The first-order valence-electron chi connectivity index (χ1n) is 8.55. The lowest BCUT2D eigenvalue weighted by Crippen LogP contribution is -2.11. The topological polar surface area (TPSA) is 75.9 Å². The molecule has 0 bridgehead atoms. The maximum absolute atomic E-state index is 14.8. The van der Waals surface area contributed by atoms with Crippen LogP contribution in [0.15, 0.2) is 18.2 Å². The van der Waals surface area contributed by atoms with Crippen LogP contribution in [-0.4, -0.2) is 24.5 Å². The van der Waals surface area contributed by atoms with Gasteiger partial charge in [-0.1, -0.05) is 16.1 Å².